The maximum absolute atomic E-state index is 3.59. The fraction of sp³-hybridized carbons (Fsp3) is 1.00. The smallest absolute Gasteiger partial charge is 0.0224 e. The molecule has 0 aromatic heterocycles. The second-order valence-corrected chi connectivity index (χ2v) is 5.59. The molecule has 2 rings (SSSR count). The van der Waals surface area contributed by atoms with E-state index in [-0.39, 0.29) is 0 Å². The molecule has 0 bridgehead atoms. The van der Waals surface area contributed by atoms with E-state index >= 15 is 0 Å². The zero-order valence-electron chi connectivity index (χ0n) is 11.6. The van der Waals surface area contributed by atoms with Gasteiger partial charge in [0.15, 0.2) is 0 Å². The Morgan fingerprint density at radius 1 is 1.24 bits per heavy atom. The normalized spacial score (nSPS) is 28.2. The highest BCUT2D eigenvalue weighted by Crippen LogP contribution is 2.23. The molecule has 1 N–H and O–H groups in total. The van der Waals surface area contributed by atoms with Gasteiger partial charge in [0.2, 0.25) is 0 Å². The maximum Gasteiger partial charge on any atom is 0.0224 e. The Labute approximate surface area is 107 Å². The van der Waals surface area contributed by atoms with Crippen LogP contribution in [0.15, 0.2) is 0 Å². The molecule has 3 nitrogen and oxygen atoms in total. The molecule has 2 saturated heterocycles. The number of piperazine rings is 1. The molecule has 0 radical (unpaired) electrons. The van der Waals surface area contributed by atoms with Crippen molar-refractivity contribution in [3.05, 3.63) is 0 Å². The van der Waals surface area contributed by atoms with Crippen LogP contribution in [-0.2, 0) is 0 Å². The maximum atomic E-state index is 3.59. The second-order valence-electron chi connectivity index (χ2n) is 5.59. The predicted molar refractivity (Wildman–Crippen MR) is 73.4 cm³/mol. The fourth-order valence-corrected chi connectivity index (χ4v) is 3.32. The standard InChI is InChI=1S/C14H29N3/c1-3-7-15-11-13(4-2)17-10-9-16-8-5-6-14(16)12-17/h13-15H,3-12H2,1-2H3. The lowest BCUT2D eigenvalue weighted by atomic mass is 10.1. The van der Waals surface area contributed by atoms with Gasteiger partial charge in [0.1, 0.15) is 0 Å². The fourth-order valence-electron chi connectivity index (χ4n) is 3.32. The topological polar surface area (TPSA) is 18.5 Å². The molecule has 2 heterocycles. The lowest BCUT2D eigenvalue weighted by Gasteiger charge is -2.41. The highest BCUT2D eigenvalue weighted by Gasteiger charge is 2.32. The van der Waals surface area contributed by atoms with Gasteiger partial charge in [0, 0.05) is 38.3 Å². The van der Waals surface area contributed by atoms with Crippen LogP contribution in [0.3, 0.4) is 0 Å². The Morgan fingerprint density at radius 3 is 2.88 bits per heavy atom. The van der Waals surface area contributed by atoms with Crippen LogP contribution >= 0.6 is 0 Å². The third-order valence-electron chi connectivity index (χ3n) is 4.41. The van der Waals surface area contributed by atoms with Crippen LogP contribution in [0.5, 0.6) is 0 Å². The molecule has 3 heteroatoms. The average Bonchev–Trinajstić information content (AvgIpc) is 2.82. The molecular formula is C14H29N3. The van der Waals surface area contributed by atoms with E-state index in [1.54, 1.807) is 0 Å². The zero-order chi connectivity index (χ0) is 12.1. The molecule has 100 valence electrons. The molecule has 0 aromatic carbocycles. The summed E-state index contributed by atoms with van der Waals surface area (Å²) < 4.78 is 0. The van der Waals surface area contributed by atoms with Gasteiger partial charge in [0.25, 0.3) is 0 Å². The predicted octanol–water partition coefficient (Wildman–Crippen LogP) is 1.54. The van der Waals surface area contributed by atoms with Gasteiger partial charge in [-0.3, -0.25) is 9.80 Å². The van der Waals surface area contributed by atoms with Crippen molar-refractivity contribution in [3.8, 4) is 0 Å². The third kappa shape index (κ3) is 3.43. The minimum absolute atomic E-state index is 0.754. The summed E-state index contributed by atoms with van der Waals surface area (Å²) in [4.78, 5) is 5.43. The van der Waals surface area contributed by atoms with Crippen molar-refractivity contribution in [2.45, 2.75) is 51.6 Å². The first-order chi connectivity index (χ1) is 8.35. The highest BCUT2D eigenvalue weighted by atomic mass is 15.3. The molecule has 2 atom stereocenters. The number of nitrogens with zero attached hydrogens (tertiary/aromatic N) is 2. The number of nitrogens with one attached hydrogen (secondary N) is 1. The van der Waals surface area contributed by atoms with Gasteiger partial charge < -0.3 is 5.32 Å². The molecule has 0 spiro atoms. The molecule has 2 aliphatic rings. The van der Waals surface area contributed by atoms with Crippen molar-refractivity contribution in [2.75, 3.05) is 39.3 Å². The van der Waals surface area contributed by atoms with Gasteiger partial charge in [-0.05, 0) is 38.8 Å². The third-order valence-corrected chi connectivity index (χ3v) is 4.41. The van der Waals surface area contributed by atoms with Gasteiger partial charge in [-0.1, -0.05) is 13.8 Å². The van der Waals surface area contributed by atoms with E-state index in [1.807, 2.05) is 0 Å². The van der Waals surface area contributed by atoms with Crippen LogP contribution in [0.1, 0.15) is 39.5 Å². The Hall–Kier alpha value is -0.120. The van der Waals surface area contributed by atoms with Crippen LogP contribution in [0.2, 0.25) is 0 Å². The van der Waals surface area contributed by atoms with Crippen molar-refractivity contribution in [2.24, 2.45) is 0 Å². The monoisotopic (exact) mass is 239 g/mol. The van der Waals surface area contributed by atoms with E-state index in [0.29, 0.717) is 0 Å². The van der Waals surface area contributed by atoms with E-state index in [4.69, 9.17) is 0 Å². The molecular weight excluding hydrogens is 210 g/mol. The Kier molecular flexibility index (Phi) is 5.26. The largest absolute Gasteiger partial charge is 0.315 e. The molecule has 17 heavy (non-hydrogen) atoms. The SMILES string of the molecule is CCCNCC(CC)N1CCN2CCCC2C1. The summed E-state index contributed by atoms with van der Waals surface area (Å²) in [6.07, 6.45) is 5.37. The van der Waals surface area contributed by atoms with Gasteiger partial charge in [-0.15, -0.1) is 0 Å². The van der Waals surface area contributed by atoms with Crippen molar-refractivity contribution in [3.63, 3.8) is 0 Å². The van der Waals surface area contributed by atoms with Crippen molar-refractivity contribution in [1.29, 1.82) is 0 Å². The second kappa shape index (κ2) is 6.72. The first-order valence-corrected chi connectivity index (χ1v) is 7.54. The molecule has 0 amide bonds. The van der Waals surface area contributed by atoms with E-state index in [9.17, 15) is 0 Å². The minimum Gasteiger partial charge on any atom is -0.315 e. The van der Waals surface area contributed by atoms with Gasteiger partial charge >= 0.3 is 0 Å². The molecule has 2 aliphatic heterocycles. The summed E-state index contributed by atoms with van der Waals surface area (Å²) >= 11 is 0. The highest BCUT2D eigenvalue weighted by molar-refractivity contribution is 4.89. The summed E-state index contributed by atoms with van der Waals surface area (Å²) in [6.45, 7) is 12.2. The number of hydrogen-bond donors (Lipinski definition) is 1. The number of hydrogen-bond acceptors (Lipinski definition) is 3. The number of fused-ring (bicyclic) bond motifs is 1. The van der Waals surface area contributed by atoms with Gasteiger partial charge in [-0.25, -0.2) is 0 Å². The molecule has 0 aliphatic carbocycles. The molecule has 2 fully saturated rings. The Morgan fingerprint density at radius 2 is 2.12 bits per heavy atom. The van der Waals surface area contributed by atoms with Crippen molar-refractivity contribution >= 4 is 0 Å². The summed E-state index contributed by atoms with van der Waals surface area (Å²) in [5.74, 6) is 0. The number of rotatable bonds is 6. The quantitative estimate of drug-likeness (QED) is 0.710. The lowest BCUT2D eigenvalue weighted by Crippen LogP contribution is -2.55. The van der Waals surface area contributed by atoms with Crippen molar-refractivity contribution in [1.82, 2.24) is 15.1 Å². The molecule has 0 aromatic rings. The molecule has 2 unspecified atom stereocenters. The zero-order valence-corrected chi connectivity index (χ0v) is 11.6. The van der Waals surface area contributed by atoms with E-state index in [0.717, 1.165) is 12.1 Å². The van der Waals surface area contributed by atoms with Crippen LogP contribution in [-0.4, -0.2) is 61.2 Å². The summed E-state index contributed by atoms with van der Waals surface area (Å²) in [7, 11) is 0. The van der Waals surface area contributed by atoms with Crippen LogP contribution < -0.4 is 5.32 Å². The Balaban J connectivity index is 1.78. The lowest BCUT2D eigenvalue weighted by molar-refractivity contribution is 0.0696. The average molecular weight is 239 g/mol. The van der Waals surface area contributed by atoms with Gasteiger partial charge in [-0.2, -0.15) is 0 Å². The summed E-state index contributed by atoms with van der Waals surface area (Å²) in [5, 5.41) is 3.59. The first-order valence-electron chi connectivity index (χ1n) is 7.54. The summed E-state index contributed by atoms with van der Waals surface area (Å²) in [5.41, 5.74) is 0. The van der Waals surface area contributed by atoms with E-state index < -0.39 is 0 Å². The van der Waals surface area contributed by atoms with Crippen LogP contribution in [0, 0.1) is 0 Å². The van der Waals surface area contributed by atoms with Crippen LogP contribution in [0.25, 0.3) is 0 Å². The van der Waals surface area contributed by atoms with E-state index in [1.165, 1.54) is 65.0 Å². The molecule has 0 saturated carbocycles. The Bertz CT molecular complexity index is 220. The van der Waals surface area contributed by atoms with E-state index in [2.05, 4.69) is 29.0 Å². The van der Waals surface area contributed by atoms with Crippen molar-refractivity contribution < 1.29 is 0 Å². The minimum atomic E-state index is 0.754. The first kappa shape index (κ1) is 13.3. The summed E-state index contributed by atoms with van der Waals surface area (Å²) in [6, 6.07) is 1.62. The van der Waals surface area contributed by atoms with Gasteiger partial charge in [0.05, 0.1) is 0 Å². The van der Waals surface area contributed by atoms with Crippen LogP contribution in [0.4, 0.5) is 0 Å².